The van der Waals surface area contributed by atoms with Crippen molar-refractivity contribution in [2.45, 2.75) is 102 Å². The van der Waals surface area contributed by atoms with E-state index in [4.69, 9.17) is 21.2 Å². The number of piperazine rings is 1. The zero-order valence-corrected chi connectivity index (χ0v) is 26.5. The van der Waals surface area contributed by atoms with Gasteiger partial charge in [-0.3, -0.25) is 19.6 Å². The van der Waals surface area contributed by atoms with E-state index in [1.165, 1.54) is 0 Å². The summed E-state index contributed by atoms with van der Waals surface area (Å²) in [4.78, 5) is 23.8. The van der Waals surface area contributed by atoms with Crippen molar-refractivity contribution in [1.29, 1.82) is 5.26 Å². The van der Waals surface area contributed by atoms with E-state index in [1.54, 1.807) is 0 Å². The molecule has 1 amide bonds. The number of hydrogen-bond acceptors (Lipinski definition) is 9. The third-order valence-electron chi connectivity index (χ3n) is 11.1. The summed E-state index contributed by atoms with van der Waals surface area (Å²) in [5.74, 6) is -0.362. The molecule has 0 spiro atoms. The lowest BCUT2D eigenvalue weighted by molar-refractivity contribution is -0.128. The second kappa shape index (κ2) is 13.8. The van der Waals surface area contributed by atoms with Gasteiger partial charge in [0.25, 0.3) is 0 Å². The van der Waals surface area contributed by atoms with Gasteiger partial charge in [0.2, 0.25) is 5.91 Å². The Morgan fingerprint density at radius 2 is 1.88 bits per heavy atom. The maximum absolute atomic E-state index is 15.5. The Labute approximate surface area is 257 Å². The summed E-state index contributed by atoms with van der Waals surface area (Å²) >= 11 is 0. The average Bonchev–Trinajstić information content (AvgIpc) is 3.72. The van der Waals surface area contributed by atoms with Gasteiger partial charge in [0.1, 0.15) is 6.17 Å². The van der Waals surface area contributed by atoms with Crippen molar-refractivity contribution in [2.24, 2.45) is 45.0 Å². The number of ether oxygens (including phenoxy) is 1. The lowest BCUT2D eigenvalue weighted by Gasteiger charge is -2.48. The molecule has 11 heteroatoms. The van der Waals surface area contributed by atoms with Crippen molar-refractivity contribution in [3.05, 3.63) is 0 Å². The molecule has 4 heterocycles. The van der Waals surface area contributed by atoms with E-state index >= 15 is 4.39 Å². The van der Waals surface area contributed by atoms with E-state index in [9.17, 15) is 10.1 Å². The molecule has 5 rings (SSSR count). The molecule has 1 saturated carbocycles. The molecule has 7 atom stereocenters. The van der Waals surface area contributed by atoms with Crippen LogP contribution in [-0.2, 0) is 9.53 Å². The maximum Gasteiger partial charge on any atom is 0.228 e. The number of nitrogens with one attached hydrogen (secondary N) is 2. The Bertz CT molecular complexity index is 1020. The van der Waals surface area contributed by atoms with Crippen LogP contribution in [0.25, 0.3) is 0 Å². The standard InChI is InChI=1S/C32H55FN8O2/c1-21(2)4-6-31(3)7-5-22(32(20-34)8-9-32)15-38-25(14-31)27(29(35)36)30(42)39-26-17-37-16-24(33)28(26)41-12-10-40(11-13-41)23-18-43-19-23/h15,21-29,37H,4-14,16-19,35-36H2,1-3H3,(H,39,42)/b38-15-. The molecule has 0 aromatic rings. The zero-order chi connectivity index (χ0) is 30.8. The predicted octanol–water partition coefficient (Wildman–Crippen LogP) is 1.64. The third-order valence-corrected chi connectivity index (χ3v) is 11.1. The molecular weight excluding hydrogens is 547 g/mol. The second-order valence-electron chi connectivity index (χ2n) is 14.9. The summed E-state index contributed by atoms with van der Waals surface area (Å²) < 4.78 is 20.9. The normalized spacial score (nSPS) is 37.1. The molecule has 242 valence electrons. The summed E-state index contributed by atoms with van der Waals surface area (Å²) in [5.41, 5.74) is 12.4. The summed E-state index contributed by atoms with van der Waals surface area (Å²) in [6, 6.07) is 1.82. The van der Waals surface area contributed by atoms with Crippen LogP contribution in [0.3, 0.4) is 0 Å². The molecule has 5 aliphatic rings. The highest BCUT2D eigenvalue weighted by atomic mass is 19.1. The van der Waals surface area contributed by atoms with Gasteiger partial charge in [-0.2, -0.15) is 5.26 Å². The van der Waals surface area contributed by atoms with Crippen LogP contribution in [0.15, 0.2) is 4.99 Å². The summed E-state index contributed by atoms with van der Waals surface area (Å²) in [5, 5.41) is 16.3. The highest BCUT2D eigenvalue weighted by Crippen LogP contribution is 2.54. The number of amides is 1. The van der Waals surface area contributed by atoms with Crippen LogP contribution in [0.4, 0.5) is 4.39 Å². The minimum absolute atomic E-state index is 0.0476. The zero-order valence-electron chi connectivity index (χ0n) is 26.5. The summed E-state index contributed by atoms with van der Waals surface area (Å²) in [7, 11) is 0. The predicted molar refractivity (Wildman–Crippen MR) is 166 cm³/mol. The first-order valence-corrected chi connectivity index (χ1v) is 16.7. The van der Waals surface area contributed by atoms with Crippen LogP contribution < -0.4 is 22.1 Å². The highest BCUT2D eigenvalue weighted by Gasteiger charge is 2.51. The van der Waals surface area contributed by atoms with Crippen molar-refractivity contribution < 1.29 is 13.9 Å². The first-order chi connectivity index (χ1) is 20.5. The van der Waals surface area contributed by atoms with Gasteiger partial charge in [0.05, 0.1) is 60.9 Å². The van der Waals surface area contributed by atoms with Crippen molar-refractivity contribution in [3.63, 3.8) is 0 Å². The minimum Gasteiger partial charge on any atom is -0.378 e. The Hall–Kier alpha value is -1.68. The van der Waals surface area contributed by atoms with Crippen molar-refractivity contribution in [2.75, 3.05) is 52.5 Å². The SMILES string of the molecule is CC(C)CCC1(C)CCC(C2(C#N)CC2)/C=N\C(C(C(=O)NC2CNCC(F)C2N2CCN(C3COC3)CC2)C(N)N)C1. The Kier molecular flexibility index (Phi) is 10.5. The monoisotopic (exact) mass is 602 g/mol. The van der Waals surface area contributed by atoms with E-state index in [0.29, 0.717) is 24.9 Å². The molecule has 6 N–H and O–H groups in total. The van der Waals surface area contributed by atoms with Crippen molar-refractivity contribution in [1.82, 2.24) is 20.4 Å². The molecule has 10 nitrogen and oxygen atoms in total. The lowest BCUT2D eigenvalue weighted by Crippen LogP contribution is -2.69. The van der Waals surface area contributed by atoms with Crippen LogP contribution in [0.1, 0.15) is 65.7 Å². The molecule has 7 unspecified atom stereocenters. The fourth-order valence-corrected chi connectivity index (χ4v) is 7.87. The Morgan fingerprint density at radius 3 is 2.47 bits per heavy atom. The van der Waals surface area contributed by atoms with Crippen LogP contribution in [0.5, 0.6) is 0 Å². The molecular formula is C32H55FN8O2. The van der Waals surface area contributed by atoms with Gasteiger partial charge in [-0.15, -0.1) is 0 Å². The van der Waals surface area contributed by atoms with Crippen LogP contribution >= 0.6 is 0 Å². The molecule has 0 aromatic heterocycles. The topological polar surface area (TPSA) is 145 Å². The smallest absolute Gasteiger partial charge is 0.228 e. The number of piperidine rings is 1. The summed E-state index contributed by atoms with van der Waals surface area (Å²) in [6.07, 6.45) is 6.45. The summed E-state index contributed by atoms with van der Waals surface area (Å²) in [6.45, 7) is 12.4. The Balaban J connectivity index is 1.32. The number of alkyl halides is 1. The van der Waals surface area contributed by atoms with Crippen LogP contribution in [-0.4, -0.2) is 111 Å². The van der Waals surface area contributed by atoms with Crippen LogP contribution in [0, 0.1) is 39.9 Å². The van der Waals surface area contributed by atoms with Crippen LogP contribution in [0.2, 0.25) is 0 Å². The molecule has 0 radical (unpaired) electrons. The number of nitriles is 1. The quantitative estimate of drug-likeness (QED) is 0.276. The molecule has 43 heavy (non-hydrogen) atoms. The molecule has 4 aliphatic heterocycles. The van der Waals surface area contributed by atoms with Gasteiger partial charge in [0, 0.05) is 51.4 Å². The number of aliphatic imine (C=N–C) groups is 1. The largest absolute Gasteiger partial charge is 0.378 e. The number of nitrogens with two attached hydrogens (primary N) is 2. The van der Waals surface area contributed by atoms with Gasteiger partial charge in [-0.05, 0) is 49.9 Å². The number of nitrogens with zero attached hydrogens (tertiary/aromatic N) is 4. The number of rotatable bonds is 10. The van der Waals surface area contributed by atoms with E-state index in [1.807, 2.05) is 6.21 Å². The van der Waals surface area contributed by atoms with Gasteiger partial charge >= 0.3 is 0 Å². The lowest BCUT2D eigenvalue weighted by atomic mass is 9.69. The van der Waals surface area contributed by atoms with E-state index < -0.39 is 36.4 Å². The fraction of sp³-hybridized carbons (Fsp3) is 0.906. The molecule has 3 saturated heterocycles. The minimum atomic E-state index is -1.09. The number of carbonyl (C=O) groups is 1. The number of hydrogen-bond donors (Lipinski definition) is 4. The third kappa shape index (κ3) is 7.59. The number of carbonyl (C=O) groups excluding carboxylic acids is 1. The maximum atomic E-state index is 15.5. The first-order valence-electron chi connectivity index (χ1n) is 16.7. The van der Waals surface area contributed by atoms with E-state index in [2.05, 4.69) is 47.3 Å². The van der Waals surface area contributed by atoms with Crippen molar-refractivity contribution in [3.8, 4) is 6.07 Å². The van der Waals surface area contributed by atoms with Crippen molar-refractivity contribution >= 4 is 12.1 Å². The van der Waals surface area contributed by atoms with E-state index in [-0.39, 0.29) is 29.2 Å². The molecule has 4 fully saturated rings. The first kappa shape index (κ1) is 32.7. The van der Waals surface area contributed by atoms with E-state index in [0.717, 1.165) is 77.9 Å². The highest BCUT2D eigenvalue weighted by molar-refractivity contribution is 5.81. The van der Waals surface area contributed by atoms with Gasteiger partial charge < -0.3 is 26.8 Å². The molecule has 0 bridgehead atoms. The van der Waals surface area contributed by atoms with Gasteiger partial charge in [-0.1, -0.05) is 27.2 Å². The average molecular weight is 603 g/mol. The van der Waals surface area contributed by atoms with Gasteiger partial charge in [-0.25, -0.2) is 4.39 Å². The fourth-order valence-electron chi connectivity index (χ4n) is 7.87. The number of halogens is 1. The molecule has 1 aliphatic carbocycles. The van der Waals surface area contributed by atoms with Gasteiger partial charge in [0.15, 0.2) is 0 Å². The Morgan fingerprint density at radius 1 is 1.19 bits per heavy atom. The molecule has 0 aromatic carbocycles. The second-order valence-corrected chi connectivity index (χ2v) is 14.9.